The van der Waals surface area contributed by atoms with Crippen molar-refractivity contribution in [1.29, 1.82) is 0 Å². The molecule has 24 heavy (non-hydrogen) atoms. The fourth-order valence-corrected chi connectivity index (χ4v) is 2.17. The SMILES string of the molecule is Cc1ccc(Nc2cncc(C(=O)Nc3ccc(F)cc3)c2)cc1. The number of anilines is 3. The van der Waals surface area contributed by atoms with Gasteiger partial charge in [-0.1, -0.05) is 17.7 Å². The lowest BCUT2D eigenvalue weighted by molar-refractivity contribution is 0.102. The van der Waals surface area contributed by atoms with Crippen molar-refractivity contribution in [2.24, 2.45) is 0 Å². The Morgan fingerprint density at radius 2 is 1.58 bits per heavy atom. The van der Waals surface area contributed by atoms with Crippen molar-refractivity contribution in [2.45, 2.75) is 6.92 Å². The zero-order valence-corrected chi connectivity index (χ0v) is 13.1. The Hall–Kier alpha value is -3.21. The van der Waals surface area contributed by atoms with Crippen molar-refractivity contribution < 1.29 is 9.18 Å². The molecule has 0 unspecified atom stereocenters. The standard InChI is InChI=1S/C19H16FN3O/c1-13-2-6-16(7-3-13)22-18-10-14(11-21-12-18)19(24)23-17-8-4-15(20)5-9-17/h2-12,22H,1H3,(H,23,24). The number of carbonyl (C=O) groups is 1. The molecular weight excluding hydrogens is 305 g/mol. The summed E-state index contributed by atoms with van der Waals surface area (Å²) in [7, 11) is 0. The summed E-state index contributed by atoms with van der Waals surface area (Å²) in [5.74, 6) is -0.652. The number of halogens is 1. The maximum absolute atomic E-state index is 12.9. The van der Waals surface area contributed by atoms with Crippen LogP contribution in [0.25, 0.3) is 0 Å². The van der Waals surface area contributed by atoms with E-state index in [4.69, 9.17) is 0 Å². The largest absolute Gasteiger partial charge is 0.354 e. The second-order valence-corrected chi connectivity index (χ2v) is 5.41. The molecule has 1 amide bonds. The molecule has 0 spiro atoms. The van der Waals surface area contributed by atoms with Gasteiger partial charge in [0.2, 0.25) is 0 Å². The number of aromatic nitrogens is 1. The van der Waals surface area contributed by atoms with E-state index >= 15 is 0 Å². The summed E-state index contributed by atoms with van der Waals surface area (Å²) in [6.45, 7) is 2.02. The van der Waals surface area contributed by atoms with Crippen LogP contribution in [0.3, 0.4) is 0 Å². The first-order valence-electron chi connectivity index (χ1n) is 7.46. The highest BCUT2D eigenvalue weighted by molar-refractivity contribution is 6.04. The molecule has 0 aliphatic carbocycles. The predicted molar refractivity (Wildman–Crippen MR) is 93.1 cm³/mol. The van der Waals surface area contributed by atoms with Gasteiger partial charge in [-0.15, -0.1) is 0 Å². The molecule has 1 aromatic heterocycles. The number of hydrogen-bond acceptors (Lipinski definition) is 3. The van der Waals surface area contributed by atoms with Gasteiger partial charge in [0.1, 0.15) is 5.82 Å². The van der Waals surface area contributed by atoms with Gasteiger partial charge in [0, 0.05) is 17.6 Å². The van der Waals surface area contributed by atoms with E-state index in [1.807, 2.05) is 31.2 Å². The Bertz CT molecular complexity index is 845. The number of nitrogens with one attached hydrogen (secondary N) is 2. The highest BCUT2D eigenvalue weighted by atomic mass is 19.1. The Labute approximate surface area is 139 Å². The molecule has 0 atom stereocenters. The number of rotatable bonds is 4. The molecule has 1 heterocycles. The van der Waals surface area contributed by atoms with E-state index in [1.165, 1.54) is 36.0 Å². The Morgan fingerprint density at radius 3 is 2.29 bits per heavy atom. The number of pyridine rings is 1. The van der Waals surface area contributed by atoms with Gasteiger partial charge < -0.3 is 10.6 Å². The third-order valence-corrected chi connectivity index (χ3v) is 3.44. The predicted octanol–water partition coefficient (Wildman–Crippen LogP) is 4.53. The molecule has 3 rings (SSSR count). The maximum Gasteiger partial charge on any atom is 0.257 e. The lowest BCUT2D eigenvalue weighted by atomic mass is 10.2. The number of carbonyl (C=O) groups excluding carboxylic acids is 1. The second-order valence-electron chi connectivity index (χ2n) is 5.41. The second kappa shape index (κ2) is 6.91. The molecule has 0 fully saturated rings. The third-order valence-electron chi connectivity index (χ3n) is 3.44. The fraction of sp³-hybridized carbons (Fsp3) is 0.0526. The molecule has 120 valence electrons. The van der Waals surface area contributed by atoms with Gasteiger partial charge in [-0.25, -0.2) is 4.39 Å². The molecule has 0 bridgehead atoms. The quantitative estimate of drug-likeness (QED) is 0.742. The highest BCUT2D eigenvalue weighted by Gasteiger charge is 2.08. The first-order valence-corrected chi connectivity index (χ1v) is 7.46. The van der Waals surface area contributed by atoms with Crippen molar-refractivity contribution in [3.63, 3.8) is 0 Å². The Kier molecular flexibility index (Phi) is 4.52. The van der Waals surface area contributed by atoms with Crippen LogP contribution >= 0.6 is 0 Å². The van der Waals surface area contributed by atoms with Crippen LogP contribution < -0.4 is 10.6 Å². The summed E-state index contributed by atoms with van der Waals surface area (Å²) >= 11 is 0. The van der Waals surface area contributed by atoms with Crippen molar-refractivity contribution in [1.82, 2.24) is 4.98 Å². The monoisotopic (exact) mass is 321 g/mol. The van der Waals surface area contributed by atoms with Gasteiger partial charge in [0.05, 0.1) is 17.4 Å². The lowest BCUT2D eigenvalue weighted by Gasteiger charge is -2.09. The zero-order valence-electron chi connectivity index (χ0n) is 13.1. The molecule has 0 radical (unpaired) electrons. The minimum Gasteiger partial charge on any atom is -0.354 e. The third kappa shape index (κ3) is 3.95. The molecule has 0 saturated carbocycles. The summed E-state index contributed by atoms with van der Waals surface area (Å²) in [6.07, 6.45) is 3.13. The molecule has 2 N–H and O–H groups in total. The van der Waals surface area contributed by atoms with Crippen molar-refractivity contribution >= 4 is 23.0 Å². The van der Waals surface area contributed by atoms with Crippen molar-refractivity contribution in [2.75, 3.05) is 10.6 Å². The summed E-state index contributed by atoms with van der Waals surface area (Å²) in [6, 6.07) is 15.2. The van der Waals surface area contributed by atoms with Gasteiger partial charge in [0.15, 0.2) is 0 Å². The van der Waals surface area contributed by atoms with Gasteiger partial charge in [-0.2, -0.15) is 0 Å². The van der Waals surface area contributed by atoms with Crippen molar-refractivity contribution in [3.05, 3.63) is 83.9 Å². The van der Waals surface area contributed by atoms with E-state index in [0.717, 1.165) is 5.69 Å². The van der Waals surface area contributed by atoms with Crippen LogP contribution in [0, 0.1) is 12.7 Å². The van der Waals surface area contributed by atoms with Crippen LogP contribution in [0.2, 0.25) is 0 Å². The highest BCUT2D eigenvalue weighted by Crippen LogP contribution is 2.18. The van der Waals surface area contributed by atoms with Crippen LogP contribution in [0.15, 0.2) is 67.0 Å². The molecule has 0 aliphatic rings. The van der Waals surface area contributed by atoms with Gasteiger partial charge in [-0.3, -0.25) is 9.78 Å². The molecule has 2 aromatic carbocycles. The van der Waals surface area contributed by atoms with E-state index in [1.54, 1.807) is 12.3 Å². The minimum absolute atomic E-state index is 0.304. The average molecular weight is 321 g/mol. The summed E-state index contributed by atoms with van der Waals surface area (Å²) in [4.78, 5) is 16.4. The first kappa shape index (κ1) is 15.7. The average Bonchev–Trinajstić information content (AvgIpc) is 2.59. The summed E-state index contributed by atoms with van der Waals surface area (Å²) in [5, 5.41) is 5.92. The normalized spacial score (nSPS) is 10.2. The van der Waals surface area contributed by atoms with E-state index in [2.05, 4.69) is 15.6 Å². The van der Waals surface area contributed by atoms with Crippen LogP contribution in [0.5, 0.6) is 0 Å². The van der Waals surface area contributed by atoms with Crippen LogP contribution in [0.1, 0.15) is 15.9 Å². The lowest BCUT2D eigenvalue weighted by Crippen LogP contribution is -2.12. The molecule has 0 saturated heterocycles. The fourth-order valence-electron chi connectivity index (χ4n) is 2.17. The Morgan fingerprint density at radius 1 is 0.917 bits per heavy atom. The van der Waals surface area contributed by atoms with Gasteiger partial charge in [-0.05, 0) is 49.4 Å². The number of nitrogens with zero attached hydrogens (tertiary/aromatic N) is 1. The summed E-state index contributed by atoms with van der Waals surface area (Å²) in [5.41, 5.74) is 3.74. The zero-order chi connectivity index (χ0) is 16.9. The van der Waals surface area contributed by atoms with Crippen molar-refractivity contribution in [3.8, 4) is 0 Å². The topological polar surface area (TPSA) is 54.0 Å². The van der Waals surface area contributed by atoms with Crippen LogP contribution in [-0.2, 0) is 0 Å². The smallest absolute Gasteiger partial charge is 0.257 e. The van der Waals surface area contributed by atoms with E-state index in [9.17, 15) is 9.18 Å². The van der Waals surface area contributed by atoms with E-state index in [-0.39, 0.29) is 11.7 Å². The molecule has 0 aliphatic heterocycles. The Balaban J connectivity index is 1.73. The van der Waals surface area contributed by atoms with Gasteiger partial charge in [0.25, 0.3) is 5.91 Å². The molecule has 3 aromatic rings. The van der Waals surface area contributed by atoms with E-state index < -0.39 is 0 Å². The maximum atomic E-state index is 12.9. The van der Waals surface area contributed by atoms with Crippen LogP contribution in [-0.4, -0.2) is 10.9 Å². The molecule has 5 heteroatoms. The van der Waals surface area contributed by atoms with Gasteiger partial charge >= 0.3 is 0 Å². The first-order chi connectivity index (χ1) is 11.6. The number of benzene rings is 2. The molecule has 4 nitrogen and oxygen atoms in total. The van der Waals surface area contributed by atoms with E-state index in [0.29, 0.717) is 16.9 Å². The number of amides is 1. The van der Waals surface area contributed by atoms with Crippen LogP contribution in [0.4, 0.5) is 21.5 Å². The number of hydrogen-bond donors (Lipinski definition) is 2. The molecular formula is C19H16FN3O. The summed E-state index contributed by atoms with van der Waals surface area (Å²) < 4.78 is 12.9. The minimum atomic E-state index is -0.348. The number of aryl methyl sites for hydroxylation is 1.